The molecule has 0 radical (unpaired) electrons. The molecule has 1 amide bonds. The average molecular weight is 278 g/mol. The van der Waals surface area contributed by atoms with Gasteiger partial charge in [0.25, 0.3) is 0 Å². The van der Waals surface area contributed by atoms with Gasteiger partial charge in [-0.2, -0.15) is 0 Å². The Morgan fingerprint density at radius 2 is 2.21 bits per heavy atom. The summed E-state index contributed by atoms with van der Waals surface area (Å²) in [4.78, 5) is 18.0. The molecule has 102 valence electrons. The van der Waals surface area contributed by atoms with Crippen molar-refractivity contribution in [1.82, 2.24) is 10.3 Å². The fraction of sp³-hybridized carbons (Fsp3) is 0.462. The summed E-state index contributed by atoms with van der Waals surface area (Å²) in [7, 11) is 0. The van der Waals surface area contributed by atoms with E-state index in [-0.39, 0.29) is 11.9 Å². The molecule has 6 heteroatoms. The van der Waals surface area contributed by atoms with Crippen molar-refractivity contribution in [1.29, 1.82) is 0 Å². The first kappa shape index (κ1) is 13.7. The molecule has 0 atom stereocenters. The highest BCUT2D eigenvalue weighted by Crippen LogP contribution is 2.18. The van der Waals surface area contributed by atoms with E-state index in [2.05, 4.69) is 15.2 Å². The van der Waals surface area contributed by atoms with Gasteiger partial charge in [-0.25, -0.2) is 4.98 Å². The SMILES string of the molecule is CC(=O)NC1CCN(c2cc(C(N)=S)ccn2)CC1. The van der Waals surface area contributed by atoms with Gasteiger partial charge in [0.2, 0.25) is 5.91 Å². The van der Waals surface area contributed by atoms with Crippen LogP contribution in [0.1, 0.15) is 25.3 Å². The van der Waals surface area contributed by atoms with E-state index < -0.39 is 0 Å². The summed E-state index contributed by atoms with van der Waals surface area (Å²) < 4.78 is 0. The molecular weight excluding hydrogens is 260 g/mol. The molecule has 1 aliphatic rings. The first-order valence-electron chi connectivity index (χ1n) is 6.34. The minimum absolute atomic E-state index is 0.0343. The maximum Gasteiger partial charge on any atom is 0.217 e. The van der Waals surface area contributed by atoms with E-state index in [1.54, 1.807) is 13.1 Å². The number of carbonyl (C=O) groups is 1. The first-order valence-corrected chi connectivity index (χ1v) is 6.75. The van der Waals surface area contributed by atoms with Gasteiger partial charge in [-0.05, 0) is 25.0 Å². The lowest BCUT2D eigenvalue weighted by atomic mass is 10.0. The minimum Gasteiger partial charge on any atom is -0.389 e. The predicted octanol–water partition coefficient (Wildman–Crippen LogP) is 0.821. The zero-order valence-corrected chi connectivity index (χ0v) is 11.7. The monoisotopic (exact) mass is 278 g/mol. The molecule has 19 heavy (non-hydrogen) atoms. The number of nitrogens with one attached hydrogen (secondary N) is 1. The van der Waals surface area contributed by atoms with Crippen LogP contribution in [0.25, 0.3) is 0 Å². The summed E-state index contributed by atoms with van der Waals surface area (Å²) in [5.41, 5.74) is 6.46. The normalized spacial score (nSPS) is 16.2. The second-order valence-corrected chi connectivity index (χ2v) is 5.17. The summed E-state index contributed by atoms with van der Waals surface area (Å²) in [5, 5.41) is 2.96. The Morgan fingerprint density at radius 3 is 2.79 bits per heavy atom. The van der Waals surface area contributed by atoms with E-state index >= 15 is 0 Å². The molecular formula is C13H18N4OS. The van der Waals surface area contributed by atoms with Crippen molar-refractivity contribution in [3.63, 3.8) is 0 Å². The summed E-state index contributed by atoms with van der Waals surface area (Å²) in [6, 6.07) is 4.00. The Bertz CT molecular complexity index is 483. The Balaban J connectivity index is 1.99. The Kier molecular flexibility index (Phi) is 4.31. The topological polar surface area (TPSA) is 71.2 Å². The lowest BCUT2D eigenvalue weighted by Crippen LogP contribution is -2.44. The molecule has 1 aromatic heterocycles. The molecule has 2 heterocycles. The van der Waals surface area contributed by atoms with Gasteiger partial charge in [0, 0.05) is 37.8 Å². The smallest absolute Gasteiger partial charge is 0.217 e. The molecule has 0 unspecified atom stereocenters. The van der Waals surface area contributed by atoms with Crippen molar-refractivity contribution in [3.05, 3.63) is 23.9 Å². The van der Waals surface area contributed by atoms with Gasteiger partial charge in [-0.3, -0.25) is 4.79 Å². The van der Waals surface area contributed by atoms with Gasteiger partial charge < -0.3 is 16.0 Å². The average Bonchev–Trinajstić information content (AvgIpc) is 2.39. The van der Waals surface area contributed by atoms with Crippen molar-refractivity contribution >= 4 is 28.9 Å². The number of hydrogen-bond acceptors (Lipinski definition) is 4. The van der Waals surface area contributed by atoms with E-state index in [0.717, 1.165) is 37.3 Å². The number of thiocarbonyl (C=S) groups is 1. The van der Waals surface area contributed by atoms with Crippen LogP contribution in [-0.2, 0) is 4.79 Å². The molecule has 2 rings (SSSR count). The van der Waals surface area contributed by atoms with Crippen LogP contribution in [0.5, 0.6) is 0 Å². The Labute approximate surface area is 118 Å². The Hall–Kier alpha value is -1.69. The van der Waals surface area contributed by atoms with Gasteiger partial charge >= 0.3 is 0 Å². The molecule has 0 bridgehead atoms. The molecule has 1 aliphatic heterocycles. The molecule has 5 nitrogen and oxygen atoms in total. The second kappa shape index (κ2) is 5.97. The highest BCUT2D eigenvalue weighted by molar-refractivity contribution is 7.80. The standard InChI is InChI=1S/C13H18N4OS/c1-9(18)16-11-3-6-17(7-4-11)12-8-10(13(14)19)2-5-15-12/h2,5,8,11H,3-4,6-7H2,1H3,(H2,14,19)(H,16,18). The number of anilines is 1. The maximum atomic E-state index is 11.0. The number of piperidine rings is 1. The molecule has 0 saturated carbocycles. The van der Waals surface area contributed by atoms with Crippen LogP contribution in [0.3, 0.4) is 0 Å². The lowest BCUT2D eigenvalue weighted by Gasteiger charge is -2.33. The molecule has 1 saturated heterocycles. The molecule has 0 aliphatic carbocycles. The minimum atomic E-state index is 0.0343. The van der Waals surface area contributed by atoms with Crippen LogP contribution in [0, 0.1) is 0 Å². The summed E-state index contributed by atoms with van der Waals surface area (Å²) in [6.07, 6.45) is 3.58. The van der Waals surface area contributed by atoms with Gasteiger partial charge in [-0.15, -0.1) is 0 Å². The van der Waals surface area contributed by atoms with Crippen molar-refractivity contribution in [2.75, 3.05) is 18.0 Å². The zero-order valence-electron chi connectivity index (χ0n) is 10.9. The number of pyridine rings is 1. The largest absolute Gasteiger partial charge is 0.389 e. The van der Waals surface area contributed by atoms with Crippen molar-refractivity contribution < 1.29 is 4.79 Å². The molecule has 1 aromatic rings. The van der Waals surface area contributed by atoms with Crippen LogP contribution in [0.4, 0.5) is 5.82 Å². The fourth-order valence-corrected chi connectivity index (χ4v) is 2.41. The third kappa shape index (κ3) is 3.64. The van der Waals surface area contributed by atoms with E-state index in [9.17, 15) is 4.79 Å². The van der Waals surface area contributed by atoms with E-state index in [0.29, 0.717) is 4.99 Å². The van der Waals surface area contributed by atoms with Gasteiger partial charge in [0.1, 0.15) is 10.8 Å². The first-order chi connectivity index (χ1) is 9.06. The zero-order chi connectivity index (χ0) is 13.8. The quantitative estimate of drug-likeness (QED) is 0.801. The highest BCUT2D eigenvalue weighted by atomic mass is 32.1. The summed E-state index contributed by atoms with van der Waals surface area (Å²) >= 11 is 4.97. The fourth-order valence-electron chi connectivity index (χ4n) is 2.28. The Morgan fingerprint density at radius 1 is 1.53 bits per heavy atom. The van der Waals surface area contributed by atoms with Crippen molar-refractivity contribution in [2.45, 2.75) is 25.8 Å². The second-order valence-electron chi connectivity index (χ2n) is 4.73. The lowest BCUT2D eigenvalue weighted by molar-refractivity contribution is -0.119. The van der Waals surface area contributed by atoms with E-state index in [1.165, 1.54) is 0 Å². The third-order valence-corrected chi connectivity index (χ3v) is 3.49. The van der Waals surface area contributed by atoms with Crippen molar-refractivity contribution in [2.24, 2.45) is 5.73 Å². The number of carbonyl (C=O) groups excluding carboxylic acids is 1. The number of nitrogens with two attached hydrogens (primary N) is 1. The van der Waals surface area contributed by atoms with Crippen LogP contribution in [0.2, 0.25) is 0 Å². The van der Waals surface area contributed by atoms with Crippen LogP contribution in [0.15, 0.2) is 18.3 Å². The van der Waals surface area contributed by atoms with Crippen LogP contribution in [-0.4, -0.2) is 35.0 Å². The summed E-state index contributed by atoms with van der Waals surface area (Å²) in [5.74, 6) is 0.929. The number of aromatic nitrogens is 1. The van der Waals surface area contributed by atoms with Crippen LogP contribution < -0.4 is 16.0 Å². The van der Waals surface area contributed by atoms with E-state index in [4.69, 9.17) is 18.0 Å². The van der Waals surface area contributed by atoms with Gasteiger partial charge in [0.05, 0.1) is 0 Å². The molecule has 1 fully saturated rings. The predicted molar refractivity (Wildman–Crippen MR) is 79.2 cm³/mol. The maximum absolute atomic E-state index is 11.0. The molecule has 3 N–H and O–H groups in total. The number of amides is 1. The number of nitrogens with zero attached hydrogens (tertiary/aromatic N) is 2. The van der Waals surface area contributed by atoms with Gasteiger partial charge in [-0.1, -0.05) is 12.2 Å². The highest BCUT2D eigenvalue weighted by Gasteiger charge is 2.20. The third-order valence-electron chi connectivity index (χ3n) is 3.26. The number of rotatable bonds is 3. The summed E-state index contributed by atoms with van der Waals surface area (Å²) in [6.45, 7) is 3.30. The van der Waals surface area contributed by atoms with Crippen LogP contribution >= 0.6 is 12.2 Å². The molecule has 0 aromatic carbocycles. The molecule has 0 spiro atoms. The van der Waals surface area contributed by atoms with Gasteiger partial charge in [0.15, 0.2) is 0 Å². The van der Waals surface area contributed by atoms with Crippen molar-refractivity contribution in [3.8, 4) is 0 Å². The van der Waals surface area contributed by atoms with E-state index in [1.807, 2.05) is 12.1 Å². The number of hydrogen-bond donors (Lipinski definition) is 2.